The molecule has 2 rings (SSSR count). The minimum absolute atomic E-state index is 0.488. The lowest BCUT2D eigenvalue weighted by Crippen LogP contribution is -1.79. The van der Waals surface area contributed by atoms with Crippen molar-refractivity contribution in [1.82, 2.24) is 15.4 Å². The molecule has 12 heavy (non-hydrogen) atoms. The van der Waals surface area contributed by atoms with Crippen molar-refractivity contribution in [2.45, 2.75) is 5.88 Å². The largest absolute Gasteiger partial charge is 0.197 e. The summed E-state index contributed by atoms with van der Waals surface area (Å²) in [4.78, 5) is 0. The van der Waals surface area contributed by atoms with Crippen LogP contribution >= 0.6 is 27.5 Å². The lowest BCUT2D eigenvalue weighted by atomic mass is 10.2. The topological polar surface area (TPSA) is 41.6 Å². The van der Waals surface area contributed by atoms with Crippen molar-refractivity contribution in [3.05, 3.63) is 22.2 Å². The Morgan fingerprint density at radius 1 is 1.42 bits per heavy atom. The molecule has 0 saturated carbocycles. The second-order valence-corrected chi connectivity index (χ2v) is 3.52. The molecular formula is C7H5BrClN3. The fraction of sp³-hybridized carbons (Fsp3) is 0.143. The van der Waals surface area contributed by atoms with E-state index in [-0.39, 0.29) is 0 Å². The van der Waals surface area contributed by atoms with Gasteiger partial charge in [-0.15, -0.1) is 11.6 Å². The first-order chi connectivity index (χ1) is 5.81. The summed E-state index contributed by atoms with van der Waals surface area (Å²) in [6.07, 6.45) is 0. The summed E-state index contributed by atoms with van der Waals surface area (Å²) in [5, 5.41) is 10.5. The molecule has 0 aliphatic heterocycles. The van der Waals surface area contributed by atoms with Crippen molar-refractivity contribution < 1.29 is 0 Å². The monoisotopic (exact) mass is 245 g/mol. The van der Waals surface area contributed by atoms with Gasteiger partial charge in [0, 0.05) is 10.4 Å². The van der Waals surface area contributed by atoms with E-state index in [0.717, 1.165) is 21.1 Å². The van der Waals surface area contributed by atoms with E-state index in [9.17, 15) is 0 Å². The van der Waals surface area contributed by atoms with Crippen LogP contribution in [0.1, 0.15) is 5.56 Å². The fourth-order valence-electron chi connectivity index (χ4n) is 1.04. The van der Waals surface area contributed by atoms with E-state index < -0.39 is 0 Å². The number of fused-ring (bicyclic) bond motifs is 1. The molecular weight excluding hydrogens is 241 g/mol. The molecule has 1 heterocycles. The predicted octanol–water partition coefficient (Wildman–Crippen LogP) is 2.46. The van der Waals surface area contributed by atoms with E-state index >= 15 is 0 Å². The molecule has 62 valence electrons. The summed E-state index contributed by atoms with van der Waals surface area (Å²) in [6.45, 7) is 0. The molecule has 0 radical (unpaired) electrons. The zero-order chi connectivity index (χ0) is 8.55. The van der Waals surface area contributed by atoms with E-state index in [1.807, 2.05) is 12.1 Å². The first-order valence-electron chi connectivity index (χ1n) is 3.36. The highest BCUT2D eigenvalue weighted by Crippen LogP contribution is 2.22. The number of alkyl halides is 1. The van der Waals surface area contributed by atoms with Gasteiger partial charge in [-0.1, -0.05) is 0 Å². The van der Waals surface area contributed by atoms with E-state index in [1.165, 1.54) is 0 Å². The average Bonchev–Trinajstić information content (AvgIpc) is 2.52. The maximum Gasteiger partial charge on any atom is 0.127 e. The SMILES string of the molecule is ClCc1cc(Br)c2n[nH]nc2c1. The van der Waals surface area contributed by atoms with Gasteiger partial charge in [0.15, 0.2) is 0 Å². The predicted molar refractivity (Wildman–Crippen MR) is 51.1 cm³/mol. The Morgan fingerprint density at radius 2 is 2.25 bits per heavy atom. The summed E-state index contributed by atoms with van der Waals surface area (Å²) < 4.78 is 0.921. The highest BCUT2D eigenvalue weighted by molar-refractivity contribution is 9.10. The molecule has 3 nitrogen and oxygen atoms in total. The van der Waals surface area contributed by atoms with Crippen molar-refractivity contribution in [2.24, 2.45) is 0 Å². The third-order valence-corrected chi connectivity index (χ3v) is 2.50. The fourth-order valence-corrected chi connectivity index (χ4v) is 1.78. The highest BCUT2D eigenvalue weighted by Gasteiger charge is 2.04. The van der Waals surface area contributed by atoms with Crippen LogP contribution in [0.15, 0.2) is 16.6 Å². The van der Waals surface area contributed by atoms with Gasteiger partial charge >= 0.3 is 0 Å². The Balaban J connectivity index is 2.75. The molecule has 0 aliphatic carbocycles. The van der Waals surface area contributed by atoms with Gasteiger partial charge in [-0.2, -0.15) is 15.4 Å². The summed E-state index contributed by atoms with van der Waals surface area (Å²) in [7, 11) is 0. The second-order valence-electron chi connectivity index (χ2n) is 2.40. The van der Waals surface area contributed by atoms with Crippen molar-refractivity contribution >= 4 is 38.6 Å². The summed E-state index contributed by atoms with van der Waals surface area (Å²) in [5.41, 5.74) is 2.70. The number of aromatic amines is 1. The molecule has 0 unspecified atom stereocenters. The van der Waals surface area contributed by atoms with Gasteiger partial charge in [0.1, 0.15) is 11.0 Å². The van der Waals surface area contributed by atoms with E-state index in [4.69, 9.17) is 11.6 Å². The van der Waals surface area contributed by atoms with Crippen LogP contribution in [0.25, 0.3) is 11.0 Å². The Kier molecular flexibility index (Phi) is 2.02. The molecule has 0 fully saturated rings. The molecule has 0 saturated heterocycles. The molecule has 0 aliphatic rings. The highest BCUT2D eigenvalue weighted by atomic mass is 79.9. The second kappa shape index (κ2) is 3.03. The number of nitrogens with one attached hydrogen (secondary N) is 1. The van der Waals surface area contributed by atoms with E-state index in [2.05, 4.69) is 31.3 Å². The summed E-state index contributed by atoms with van der Waals surface area (Å²) >= 11 is 9.07. The Hall–Kier alpha value is -0.610. The standard InChI is InChI=1S/C7H5BrClN3/c8-5-1-4(3-9)2-6-7(5)11-12-10-6/h1-2H,3H2,(H,10,11,12). The van der Waals surface area contributed by atoms with Crippen LogP contribution in [0, 0.1) is 0 Å². The Morgan fingerprint density at radius 3 is 3.00 bits per heavy atom. The summed E-state index contributed by atoms with van der Waals surface area (Å²) in [6, 6.07) is 3.86. The van der Waals surface area contributed by atoms with Gasteiger partial charge in [-0.3, -0.25) is 0 Å². The van der Waals surface area contributed by atoms with Crippen LogP contribution in [0.2, 0.25) is 0 Å². The normalized spacial score (nSPS) is 10.8. The first-order valence-corrected chi connectivity index (χ1v) is 4.69. The molecule has 0 bridgehead atoms. The number of hydrogen-bond donors (Lipinski definition) is 1. The Labute approximate surface area is 82.2 Å². The Bertz CT molecular complexity index is 412. The molecule has 5 heteroatoms. The molecule has 1 N–H and O–H groups in total. The smallest absolute Gasteiger partial charge is 0.127 e. The minimum atomic E-state index is 0.488. The minimum Gasteiger partial charge on any atom is -0.197 e. The number of rotatable bonds is 1. The lowest BCUT2D eigenvalue weighted by Gasteiger charge is -1.95. The number of H-pyrrole nitrogens is 1. The lowest BCUT2D eigenvalue weighted by molar-refractivity contribution is 0.959. The van der Waals surface area contributed by atoms with Crippen LogP contribution in [0.4, 0.5) is 0 Å². The van der Waals surface area contributed by atoms with Crippen LogP contribution in [-0.2, 0) is 5.88 Å². The van der Waals surface area contributed by atoms with Gasteiger partial charge < -0.3 is 0 Å². The molecule has 2 aromatic rings. The zero-order valence-electron chi connectivity index (χ0n) is 6.01. The van der Waals surface area contributed by atoms with Crippen LogP contribution < -0.4 is 0 Å². The van der Waals surface area contributed by atoms with Crippen LogP contribution in [0.3, 0.4) is 0 Å². The van der Waals surface area contributed by atoms with Crippen molar-refractivity contribution in [3.63, 3.8) is 0 Å². The third-order valence-electron chi connectivity index (χ3n) is 1.59. The number of nitrogens with zero attached hydrogens (tertiary/aromatic N) is 2. The molecule has 1 aromatic carbocycles. The van der Waals surface area contributed by atoms with E-state index in [1.54, 1.807) is 0 Å². The van der Waals surface area contributed by atoms with Crippen molar-refractivity contribution in [2.75, 3.05) is 0 Å². The molecule has 0 amide bonds. The maximum absolute atomic E-state index is 5.69. The average molecular weight is 246 g/mol. The number of hydrogen-bond acceptors (Lipinski definition) is 2. The van der Waals surface area contributed by atoms with Gasteiger partial charge in [0.25, 0.3) is 0 Å². The third kappa shape index (κ3) is 1.21. The van der Waals surface area contributed by atoms with Gasteiger partial charge in [-0.05, 0) is 33.6 Å². The number of halogens is 2. The maximum atomic E-state index is 5.69. The molecule has 0 atom stereocenters. The van der Waals surface area contributed by atoms with Gasteiger partial charge in [0.2, 0.25) is 0 Å². The number of aromatic nitrogens is 3. The van der Waals surface area contributed by atoms with Crippen molar-refractivity contribution in [3.8, 4) is 0 Å². The van der Waals surface area contributed by atoms with Crippen LogP contribution in [-0.4, -0.2) is 15.4 Å². The van der Waals surface area contributed by atoms with Crippen molar-refractivity contribution in [1.29, 1.82) is 0 Å². The molecule has 1 aromatic heterocycles. The zero-order valence-corrected chi connectivity index (χ0v) is 8.35. The van der Waals surface area contributed by atoms with Crippen LogP contribution in [0.5, 0.6) is 0 Å². The molecule has 0 spiro atoms. The quantitative estimate of drug-likeness (QED) is 0.785. The van der Waals surface area contributed by atoms with Gasteiger partial charge in [-0.25, -0.2) is 0 Å². The first kappa shape index (κ1) is 8.01. The van der Waals surface area contributed by atoms with E-state index in [0.29, 0.717) is 5.88 Å². The number of benzene rings is 1. The summed E-state index contributed by atoms with van der Waals surface area (Å²) in [5.74, 6) is 0.488. The van der Waals surface area contributed by atoms with Gasteiger partial charge in [0.05, 0.1) is 0 Å².